The van der Waals surface area contributed by atoms with Crippen molar-refractivity contribution in [1.82, 2.24) is 4.90 Å². The molecule has 1 atom stereocenters. The number of carbonyl (C=O) groups is 1. The number of nitrogens with two attached hydrogens (primary N) is 1. The topological polar surface area (TPSA) is 46.3 Å². The summed E-state index contributed by atoms with van der Waals surface area (Å²) in [6, 6.07) is 16.7. The van der Waals surface area contributed by atoms with E-state index >= 15 is 0 Å². The molecule has 0 radical (unpaired) electrons. The Balaban J connectivity index is 1.98. The van der Waals surface area contributed by atoms with Gasteiger partial charge < -0.3 is 10.6 Å². The van der Waals surface area contributed by atoms with Crippen molar-refractivity contribution in [3.8, 4) is 0 Å². The predicted molar refractivity (Wildman–Crippen MR) is 99.4 cm³/mol. The minimum atomic E-state index is -0.202. The van der Waals surface area contributed by atoms with E-state index in [1.165, 1.54) is 6.07 Å². The molecule has 0 heterocycles. The molecule has 0 aliphatic heterocycles. The van der Waals surface area contributed by atoms with Crippen LogP contribution in [0.2, 0.25) is 0 Å². The summed E-state index contributed by atoms with van der Waals surface area (Å²) in [4.78, 5) is 14.7. The first kappa shape index (κ1) is 19.1. The number of benzene rings is 2. The van der Waals surface area contributed by atoms with Crippen molar-refractivity contribution in [3.05, 3.63) is 71.5 Å². The largest absolute Gasteiger partial charge is 0.338 e. The first-order valence-electron chi connectivity index (χ1n) is 8.88. The Hall–Kier alpha value is -2.20. The second kappa shape index (κ2) is 9.94. The number of nitrogens with zero attached hydrogens (tertiary/aromatic N) is 1. The van der Waals surface area contributed by atoms with Crippen molar-refractivity contribution in [2.75, 3.05) is 13.1 Å². The first-order valence-corrected chi connectivity index (χ1v) is 8.88. The van der Waals surface area contributed by atoms with Gasteiger partial charge in [0.05, 0.1) is 0 Å². The molecule has 3 nitrogen and oxygen atoms in total. The normalized spacial score (nSPS) is 12.0. The molecule has 0 fully saturated rings. The van der Waals surface area contributed by atoms with Gasteiger partial charge in [0.25, 0.3) is 0 Å². The van der Waals surface area contributed by atoms with E-state index in [0.717, 1.165) is 12.0 Å². The monoisotopic (exact) mass is 342 g/mol. The van der Waals surface area contributed by atoms with Gasteiger partial charge in [-0.1, -0.05) is 55.5 Å². The Morgan fingerprint density at radius 3 is 2.48 bits per heavy atom. The van der Waals surface area contributed by atoms with Gasteiger partial charge in [0.15, 0.2) is 0 Å². The van der Waals surface area contributed by atoms with Crippen LogP contribution in [0.5, 0.6) is 0 Å². The molecule has 2 aromatic rings. The average Bonchev–Trinajstić information content (AvgIpc) is 2.64. The third-order valence-electron chi connectivity index (χ3n) is 4.39. The van der Waals surface area contributed by atoms with Crippen LogP contribution < -0.4 is 5.73 Å². The summed E-state index contributed by atoms with van der Waals surface area (Å²) < 4.78 is 13.7. The maximum Gasteiger partial charge on any atom is 0.225 e. The van der Waals surface area contributed by atoms with E-state index < -0.39 is 0 Å². The van der Waals surface area contributed by atoms with Crippen LogP contribution >= 0.6 is 0 Å². The highest BCUT2D eigenvalue weighted by molar-refractivity contribution is 5.78. The predicted octanol–water partition coefficient (Wildman–Crippen LogP) is 3.77. The van der Waals surface area contributed by atoms with Gasteiger partial charge >= 0.3 is 0 Å². The molecule has 0 saturated carbocycles. The lowest BCUT2D eigenvalue weighted by Crippen LogP contribution is -2.36. The molecule has 1 amide bonds. The highest BCUT2D eigenvalue weighted by Gasteiger charge is 2.20. The third kappa shape index (κ3) is 5.98. The molecule has 0 saturated heterocycles. The Labute approximate surface area is 149 Å². The van der Waals surface area contributed by atoms with E-state index in [4.69, 9.17) is 5.73 Å². The highest BCUT2D eigenvalue weighted by atomic mass is 19.1. The van der Waals surface area contributed by atoms with Gasteiger partial charge in [-0.05, 0) is 43.0 Å². The molecule has 0 aliphatic carbocycles. The molecule has 1 unspecified atom stereocenters. The van der Waals surface area contributed by atoms with Gasteiger partial charge in [0.1, 0.15) is 5.82 Å². The Bertz CT molecular complexity index is 660. The van der Waals surface area contributed by atoms with Crippen molar-refractivity contribution in [1.29, 1.82) is 0 Å². The molecule has 2 rings (SSSR count). The fourth-order valence-electron chi connectivity index (χ4n) is 2.86. The summed E-state index contributed by atoms with van der Waals surface area (Å²) in [5.41, 5.74) is 7.39. The van der Waals surface area contributed by atoms with Crippen molar-refractivity contribution >= 4 is 5.91 Å². The molecule has 2 N–H and O–H groups in total. The lowest BCUT2D eigenvalue weighted by Gasteiger charge is -2.26. The quantitative estimate of drug-likeness (QED) is 0.754. The molecule has 134 valence electrons. The molecule has 2 aromatic carbocycles. The Morgan fingerprint density at radius 2 is 1.80 bits per heavy atom. The summed E-state index contributed by atoms with van der Waals surface area (Å²) in [6.45, 7) is 3.71. The SMILES string of the molecule is CC(CCc1ccccc1F)C(=O)N(CCCN)Cc1ccccc1. The van der Waals surface area contributed by atoms with E-state index in [1.807, 2.05) is 48.2 Å². The second-order valence-corrected chi connectivity index (χ2v) is 6.42. The molecule has 0 aromatic heterocycles. The zero-order chi connectivity index (χ0) is 18.1. The number of carbonyl (C=O) groups excluding carboxylic acids is 1. The summed E-state index contributed by atoms with van der Waals surface area (Å²) >= 11 is 0. The van der Waals surface area contributed by atoms with E-state index in [9.17, 15) is 9.18 Å². The fraction of sp³-hybridized carbons (Fsp3) is 0.381. The minimum Gasteiger partial charge on any atom is -0.338 e. The van der Waals surface area contributed by atoms with Crippen molar-refractivity contribution in [3.63, 3.8) is 0 Å². The highest BCUT2D eigenvalue weighted by Crippen LogP contribution is 2.16. The number of halogens is 1. The van der Waals surface area contributed by atoms with E-state index in [-0.39, 0.29) is 17.6 Å². The Kier molecular flexibility index (Phi) is 7.61. The smallest absolute Gasteiger partial charge is 0.225 e. The lowest BCUT2D eigenvalue weighted by atomic mass is 9.99. The molecule has 0 bridgehead atoms. The Morgan fingerprint density at radius 1 is 1.12 bits per heavy atom. The lowest BCUT2D eigenvalue weighted by molar-refractivity contribution is -0.135. The van der Waals surface area contributed by atoms with Crippen molar-refractivity contribution in [2.24, 2.45) is 11.7 Å². The number of aryl methyl sites for hydroxylation is 1. The van der Waals surface area contributed by atoms with E-state index in [2.05, 4.69) is 0 Å². The number of rotatable bonds is 9. The molecular formula is C21H27FN2O. The zero-order valence-electron chi connectivity index (χ0n) is 14.8. The zero-order valence-corrected chi connectivity index (χ0v) is 14.8. The van der Waals surface area contributed by atoms with Crippen LogP contribution in [0, 0.1) is 11.7 Å². The molecule has 0 aliphatic rings. The van der Waals surface area contributed by atoms with Gasteiger partial charge in [-0.3, -0.25) is 4.79 Å². The van der Waals surface area contributed by atoms with Crippen LogP contribution in [0.1, 0.15) is 30.9 Å². The molecular weight excluding hydrogens is 315 g/mol. The van der Waals surface area contributed by atoms with Gasteiger partial charge in [0, 0.05) is 19.0 Å². The fourth-order valence-corrected chi connectivity index (χ4v) is 2.86. The van der Waals surface area contributed by atoms with E-state index in [0.29, 0.717) is 38.0 Å². The van der Waals surface area contributed by atoms with Gasteiger partial charge in [0.2, 0.25) is 5.91 Å². The standard InChI is InChI=1S/C21H27FN2O/c1-17(12-13-19-10-5-6-11-20(19)22)21(25)24(15-7-14-23)16-18-8-3-2-4-9-18/h2-6,8-11,17H,7,12-16,23H2,1H3. The van der Waals surface area contributed by atoms with Crippen molar-refractivity contribution in [2.45, 2.75) is 32.7 Å². The number of hydrogen-bond acceptors (Lipinski definition) is 2. The summed E-state index contributed by atoms with van der Waals surface area (Å²) in [6.07, 6.45) is 1.97. The molecule has 25 heavy (non-hydrogen) atoms. The van der Waals surface area contributed by atoms with Crippen LogP contribution in [0.4, 0.5) is 4.39 Å². The number of hydrogen-bond donors (Lipinski definition) is 1. The third-order valence-corrected chi connectivity index (χ3v) is 4.39. The molecule has 0 spiro atoms. The van der Waals surface area contributed by atoms with Crippen LogP contribution in [0.25, 0.3) is 0 Å². The van der Waals surface area contributed by atoms with Crippen LogP contribution in [0.3, 0.4) is 0 Å². The summed E-state index contributed by atoms with van der Waals surface area (Å²) in [5.74, 6) is -0.249. The second-order valence-electron chi connectivity index (χ2n) is 6.42. The van der Waals surface area contributed by atoms with Gasteiger partial charge in [-0.2, -0.15) is 0 Å². The average molecular weight is 342 g/mol. The van der Waals surface area contributed by atoms with Crippen LogP contribution in [-0.4, -0.2) is 23.9 Å². The summed E-state index contributed by atoms with van der Waals surface area (Å²) in [5, 5.41) is 0. The minimum absolute atomic E-state index is 0.105. The maximum atomic E-state index is 13.7. The van der Waals surface area contributed by atoms with Crippen LogP contribution in [-0.2, 0) is 17.8 Å². The van der Waals surface area contributed by atoms with Gasteiger partial charge in [-0.25, -0.2) is 4.39 Å². The first-order chi connectivity index (χ1) is 12.1. The van der Waals surface area contributed by atoms with E-state index in [1.54, 1.807) is 12.1 Å². The summed E-state index contributed by atoms with van der Waals surface area (Å²) in [7, 11) is 0. The van der Waals surface area contributed by atoms with Crippen LogP contribution in [0.15, 0.2) is 54.6 Å². The maximum absolute atomic E-state index is 13.7. The van der Waals surface area contributed by atoms with Gasteiger partial charge in [-0.15, -0.1) is 0 Å². The van der Waals surface area contributed by atoms with Crippen molar-refractivity contribution < 1.29 is 9.18 Å². The number of amides is 1. The molecule has 4 heteroatoms.